The number of amides is 3. The van der Waals surface area contributed by atoms with Gasteiger partial charge in [0.15, 0.2) is 0 Å². The van der Waals surface area contributed by atoms with E-state index in [1.165, 1.54) is 18.4 Å². The van der Waals surface area contributed by atoms with Crippen LogP contribution in [0.2, 0.25) is 0 Å². The molecule has 0 saturated carbocycles. The maximum absolute atomic E-state index is 13.0. The van der Waals surface area contributed by atoms with Gasteiger partial charge in [0.05, 0.1) is 35.0 Å². The molecule has 2 aromatic carbocycles. The Labute approximate surface area is 183 Å². The number of fused-ring (bicyclic) bond motifs is 2. The SMILES string of the molecule is CCCn1c(NC(=O)c2ccc3c(c2)C(=O)N(Cc2ccco2)C3=O)nc2ccccc21. The van der Waals surface area contributed by atoms with E-state index in [2.05, 4.69) is 17.2 Å². The number of para-hydroxylation sites is 2. The van der Waals surface area contributed by atoms with Crippen molar-refractivity contribution in [3.05, 3.63) is 83.3 Å². The van der Waals surface area contributed by atoms with E-state index in [0.29, 0.717) is 18.3 Å². The molecule has 8 heteroatoms. The third kappa shape index (κ3) is 3.26. The summed E-state index contributed by atoms with van der Waals surface area (Å²) in [6.07, 6.45) is 2.37. The molecule has 2 aromatic heterocycles. The van der Waals surface area contributed by atoms with E-state index < -0.39 is 17.7 Å². The van der Waals surface area contributed by atoms with Crippen LogP contribution in [0.25, 0.3) is 11.0 Å². The fraction of sp³-hybridized carbons (Fsp3) is 0.167. The van der Waals surface area contributed by atoms with Crippen molar-refractivity contribution in [3.8, 4) is 0 Å². The molecule has 3 amide bonds. The first-order valence-corrected chi connectivity index (χ1v) is 10.4. The molecule has 0 spiro atoms. The van der Waals surface area contributed by atoms with E-state index in [4.69, 9.17) is 4.42 Å². The first-order chi connectivity index (χ1) is 15.6. The minimum atomic E-state index is -0.450. The summed E-state index contributed by atoms with van der Waals surface area (Å²) in [7, 11) is 0. The van der Waals surface area contributed by atoms with Crippen molar-refractivity contribution in [1.29, 1.82) is 0 Å². The van der Waals surface area contributed by atoms with Crippen LogP contribution in [0.15, 0.2) is 65.3 Å². The normalized spacial score (nSPS) is 13.1. The summed E-state index contributed by atoms with van der Waals surface area (Å²) in [6, 6.07) is 15.6. The van der Waals surface area contributed by atoms with Crippen LogP contribution in [0.1, 0.15) is 50.2 Å². The molecule has 0 fully saturated rings. The second-order valence-electron chi connectivity index (χ2n) is 7.57. The first kappa shape index (κ1) is 19.7. The molecule has 8 nitrogen and oxygen atoms in total. The Kier molecular flexibility index (Phi) is 4.82. The van der Waals surface area contributed by atoms with E-state index in [9.17, 15) is 14.4 Å². The molecule has 1 aliphatic rings. The van der Waals surface area contributed by atoms with Gasteiger partial charge in [-0.15, -0.1) is 0 Å². The van der Waals surface area contributed by atoms with Gasteiger partial charge in [-0.2, -0.15) is 0 Å². The second-order valence-corrected chi connectivity index (χ2v) is 7.57. The minimum Gasteiger partial charge on any atom is -0.467 e. The van der Waals surface area contributed by atoms with Gasteiger partial charge >= 0.3 is 0 Å². The average molecular weight is 428 g/mol. The number of carbonyl (C=O) groups excluding carboxylic acids is 3. The van der Waals surface area contributed by atoms with E-state index >= 15 is 0 Å². The van der Waals surface area contributed by atoms with Crippen LogP contribution in [-0.2, 0) is 13.1 Å². The number of carbonyl (C=O) groups is 3. The summed E-state index contributed by atoms with van der Waals surface area (Å²) in [5.41, 5.74) is 2.49. The lowest BCUT2D eigenvalue weighted by molar-refractivity contribution is 0.0631. The largest absolute Gasteiger partial charge is 0.467 e. The zero-order valence-corrected chi connectivity index (χ0v) is 17.4. The highest BCUT2D eigenvalue weighted by Crippen LogP contribution is 2.27. The Morgan fingerprint density at radius 3 is 2.62 bits per heavy atom. The Bertz CT molecular complexity index is 1350. The number of aromatic nitrogens is 2. The van der Waals surface area contributed by atoms with Crippen molar-refractivity contribution < 1.29 is 18.8 Å². The zero-order valence-electron chi connectivity index (χ0n) is 17.4. The highest BCUT2D eigenvalue weighted by Gasteiger charge is 2.36. The lowest BCUT2D eigenvalue weighted by Gasteiger charge is -2.11. The van der Waals surface area contributed by atoms with Crippen molar-refractivity contribution in [1.82, 2.24) is 14.5 Å². The molecule has 0 saturated heterocycles. The van der Waals surface area contributed by atoms with Crippen molar-refractivity contribution in [2.24, 2.45) is 0 Å². The van der Waals surface area contributed by atoms with Crippen molar-refractivity contribution in [2.75, 3.05) is 5.32 Å². The molecule has 5 rings (SSSR count). The van der Waals surface area contributed by atoms with Crippen LogP contribution in [0.4, 0.5) is 5.95 Å². The lowest BCUT2D eigenvalue weighted by atomic mass is 10.1. The summed E-state index contributed by atoms with van der Waals surface area (Å²) in [4.78, 5) is 44.2. The van der Waals surface area contributed by atoms with Gasteiger partial charge in [0, 0.05) is 12.1 Å². The molecule has 1 N–H and O–H groups in total. The molecular weight excluding hydrogens is 408 g/mol. The van der Waals surface area contributed by atoms with Gasteiger partial charge in [-0.3, -0.25) is 24.6 Å². The topological polar surface area (TPSA) is 97.4 Å². The third-order valence-corrected chi connectivity index (χ3v) is 5.45. The van der Waals surface area contributed by atoms with Crippen molar-refractivity contribution in [3.63, 3.8) is 0 Å². The highest BCUT2D eigenvalue weighted by molar-refractivity contribution is 6.22. The molecule has 0 atom stereocenters. The summed E-state index contributed by atoms with van der Waals surface area (Å²) in [6.45, 7) is 2.80. The van der Waals surface area contributed by atoms with E-state index in [1.54, 1.807) is 18.2 Å². The summed E-state index contributed by atoms with van der Waals surface area (Å²) in [5, 5.41) is 2.85. The Hall–Kier alpha value is -4.20. The van der Waals surface area contributed by atoms with Crippen LogP contribution in [0, 0.1) is 0 Å². The number of furan rings is 1. The van der Waals surface area contributed by atoms with Gasteiger partial charge in [0.25, 0.3) is 17.7 Å². The maximum atomic E-state index is 13.0. The molecule has 3 heterocycles. The molecule has 0 aliphatic carbocycles. The van der Waals surface area contributed by atoms with Crippen molar-refractivity contribution in [2.45, 2.75) is 26.4 Å². The smallest absolute Gasteiger partial charge is 0.261 e. The minimum absolute atomic E-state index is 0.0436. The van der Waals surface area contributed by atoms with E-state index in [1.807, 2.05) is 28.8 Å². The van der Waals surface area contributed by atoms with E-state index in [-0.39, 0.29) is 23.2 Å². The summed E-state index contributed by atoms with van der Waals surface area (Å²) < 4.78 is 7.21. The van der Waals surface area contributed by atoms with Gasteiger partial charge in [0.2, 0.25) is 5.95 Å². The fourth-order valence-corrected chi connectivity index (χ4v) is 3.93. The summed E-state index contributed by atoms with van der Waals surface area (Å²) in [5.74, 6) is -0.301. The molecule has 0 bridgehead atoms. The first-order valence-electron chi connectivity index (χ1n) is 10.4. The number of hydrogen-bond acceptors (Lipinski definition) is 5. The average Bonchev–Trinajstić information content (AvgIpc) is 3.49. The number of nitrogens with zero attached hydrogens (tertiary/aromatic N) is 3. The number of aryl methyl sites for hydroxylation is 1. The van der Waals surface area contributed by atoms with Crippen LogP contribution in [0.3, 0.4) is 0 Å². The number of rotatable bonds is 6. The van der Waals surface area contributed by atoms with Gasteiger partial charge in [0.1, 0.15) is 5.76 Å². The molecule has 160 valence electrons. The highest BCUT2D eigenvalue weighted by atomic mass is 16.3. The van der Waals surface area contributed by atoms with Crippen molar-refractivity contribution >= 4 is 34.7 Å². The lowest BCUT2D eigenvalue weighted by Crippen LogP contribution is -2.28. The van der Waals surface area contributed by atoms with Crippen LogP contribution >= 0.6 is 0 Å². The molecule has 4 aromatic rings. The maximum Gasteiger partial charge on any atom is 0.261 e. The number of hydrogen-bond donors (Lipinski definition) is 1. The van der Waals surface area contributed by atoms with Crippen LogP contribution < -0.4 is 5.32 Å². The quantitative estimate of drug-likeness (QED) is 0.467. The second kappa shape index (κ2) is 7.81. The third-order valence-electron chi connectivity index (χ3n) is 5.45. The Balaban J connectivity index is 1.42. The van der Waals surface area contributed by atoms with Crippen LogP contribution in [-0.4, -0.2) is 32.2 Å². The van der Waals surface area contributed by atoms with Crippen LogP contribution in [0.5, 0.6) is 0 Å². The summed E-state index contributed by atoms with van der Waals surface area (Å²) >= 11 is 0. The van der Waals surface area contributed by atoms with E-state index in [0.717, 1.165) is 22.4 Å². The standard InChI is InChI=1S/C24H20N4O4/c1-2-11-27-20-8-4-3-7-19(20)25-24(27)26-21(29)15-9-10-17-18(13-15)23(31)28(22(17)30)14-16-6-5-12-32-16/h3-10,12-13H,2,11,14H2,1H3,(H,25,26,29). The molecule has 32 heavy (non-hydrogen) atoms. The molecular formula is C24H20N4O4. The molecule has 0 unspecified atom stereocenters. The van der Waals surface area contributed by atoms with Gasteiger partial charge in [-0.25, -0.2) is 4.98 Å². The predicted octanol–water partition coefficient (Wildman–Crippen LogP) is 4.09. The number of imidazole rings is 1. The number of benzene rings is 2. The predicted molar refractivity (Wildman–Crippen MR) is 117 cm³/mol. The van der Waals surface area contributed by atoms with Gasteiger partial charge < -0.3 is 8.98 Å². The van der Waals surface area contributed by atoms with Gasteiger partial charge in [-0.05, 0) is 48.9 Å². The fourth-order valence-electron chi connectivity index (χ4n) is 3.93. The molecule has 0 radical (unpaired) electrons. The Morgan fingerprint density at radius 1 is 1.03 bits per heavy atom. The zero-order chi connectivity index (χ0) is 22.2. The van der Waals surface area contributed by atoms with Gasteiger partial charge in [-0.1, -0.05) is 19.1 Å². The number of anilines is 1. The number of imide groups is 1. The monoisotopic (exact) mass is 428 g/mol. The number of nitrogens with one attached hydrogen (secondary N) is 1. The Morgan fingerprint density at radius 2 is 1.84 bits per heavy atom. The molecule has 1 aliphatic heterocycles.